The molecule has 14 heteroatoms. The van der Waals surface area contributed by atoms with Crippen molar-refractivity contribution in [3.8, 4) is 0 Å². The molecule has 0 saturated carbocycles. The van der Waals surface area contributed by atoms with Crippen molar-refractivity contribution in [2.45, 2.75) is 56.3 Å². The molecule has 0 fully saturated rings. The number of carboxylic acids is 1. The molecule has 0 aliphatic carbocycles. The number of aliphatic hydroxyl groups is 1. The highest BCUT2D eigenvalue weighted by Gasteiger charge is 2.30. The molecular weight excluding hydrogens is 444 g/mol. The van der Waals surface area contributed by atoms with E-state index >= 15 is 0 Å². The number of nitrogens with two attached hydrogens (primary N) is 3. The summed E-state index contributed by atoms with van der Waals surface area (Å²) in [5.74, 6) is -4.19. The van der Waals surface area contributed by atoms with Crippen molar-refractivity contribution in [3.63, 3.8) is 0 Å². The quantitative estimate of drug-likeness (QED) is 0.0963. The molecule has 11 N–H and O–H groups in total. The molecular formula is C18H34N6O7S. The van der Waals surface area contributed by atoms with Crippen LogP contribution in [0.5, 0.6) is 0 Å². The van der Waals surface area contributed by atoms with Crippen LogP contribution in [-0.2, 0) is 24.0 Å². The van der Waals surface area contributed by atoms with E-state index in [0.717, 1.165) is 0 Å². The minimum atomic E-state index is -1.51. The molecule has 0 aliphatic rings. The number of primary amides is 1. The van der Waals surface area contributed by atoms with Crippen LogP contribution in [0.2, 0.25) is 0 Å². The van der Waals surface area contributed by atoms with Gasteiger partial charge in [-0.15, -0.1) is 0 Å². The third-order valence-electron chi connectivity index (χ3n) is 4.39. The zero-order valence-electron chi connectivity index (χ0n) is 18.0. The molecule has 184 valence electrons. The molecule has 4 atom stereocenters. The maximum absolute atomic E-state index is 12.5. The largest absolute Gasteiger partial charge is 0.480 e. The first-order chi connectivity index (χ1) is 15.1. The number of thioether (sulfide) groups is 1. The van der Waals surface area contributed by atoms with Gasteiger partial charge in [0.1, 0.15) is 18.1 Å². The summed E-state index contributed by atoms with van der Waals surface area (Å²) in [6, 6.07) is -5.11. The van der Waals surface area contributed by atoms with E-state index in [1.807, 2.05) is 6.26 Å². The fourth-order valence-corrected chi connectivity index (χ4v) is 3.04. The number of aliphatic carboxylic acids is 1. The van der Waals surface area contributed by atoms with E-state index < -0.39 is 66.8 Å². The van der Waals surface area contributed by atoms with E-state index in [0.29, 0.717) is 31.6 Å². The van der Waals surface area contributed by atoms with Gasteiger partial charge in [0.15, 0.2) is 0 Å². The van der Waals surface area contributed by atoms with E-state index in [2.05, 4.69) is 16.0 Å². The van der Waals surface area contributed by atoms with Crippen LogP contribution in [-0.4, -0.2) is 89.1 Å². The molecule has 4 amide bonds. The number of carbonyl (C=O) groups is 5. The van der Waals surface area contributed by atoms with Crippen LogP contribution in [0.4, 0.5) is 0 Å². The smallest absolute Gasteiger partial charge is 0.326 e. The SMILES string of the molecule is CSCCC(N)C(=O)NC(CO)C(=O)NC(CC(N)=O)C(=O)NC(CCCCN)C(=O)O. The lowest BCUT2D eigenvalue weighted by molar-refractivity contribution is -0.142. The maximum Gasteiger partial charge on any atom is 0.326 e. The van der Waals surface area contributed by atoms with Crippen LogP contribution in [0.1, 0.15) is 32.1 Å². The van der Waals surface area contributed by atoms with E-state index in [9.17, 15) is 34.2 Å². The number of carbonyl (C=O) groups excluding carboxylic acids is 4. The van der Waals surface area contributed by atoms with Crippen molar-refractivity contribution in [1.29, 1.82) is 0 Å². The second-order valence-corrected chi connectivity index (χ2v) is 8.03. The van der Waals surface area contributed by atoms with Gasteiger partial charge in [-0.1, -0.05) is 0 Å². The van der Waals surface area contributed by atoms with Gasteiger partial charge >= 0.3 is 5.97 Å². The number of rotatable bonds is 17. The number of unbranched alkanes of at least 4 members (excludes halogenated alkanes) is 1. The van der Waals surface area contributed by atoms with Gasteiger partial charge in [-0.25, -0.2) is 4.79 Å². The van der Waals surface area contributed by atoms with Crippen LogP contribution < -0.4 is 33.2 Å². The van der Waals surface area contributed by atoms with Gasteiger partial charge in [-0.2, -0.15) is 11.8 Å². The molecule has 0 radical (unpaired) electrons. The van der Waals surface area contributed by atoms with Crippen LogP contribution in [0.15, 0.2) is 0 Å². The lowest BCUT2D eigenvalue weighted by Crippen LogP contribution is -2.58. The van der Waals surface area contributed by atoms with E-state index in [1.165, 1.54) is 11.8 Å². The second kappa shape index (κ2) is 16.2. The van der Waals surface area contributed by atoms with Gasteiger partial charge in [0.2, 0.25) is 23.6 Å². The van der Waals surface area contributed by atoms with Crippen molar-refractivity contribution in [1.82, 2.24) is 16.0 Å². The average molecular weight is 479 g/mol. The molecule has 0 rings (SSSR count). The molecule has 0 aliphatic heterocycles. The number of amides is 4. The summed E-state index contributed by atoms with van der Waals surface area (Å²) in [7, 11) is 0. The van der Waals surface area contributed by atoms with Crippen LogP contribution in [0, 0.1) is 0 Å². The second-order valence-electron chi connectivity index (χ2n) is 7.05. The summed E-state index contributed by atoms with van der Waals surface area (Å²) < 4.78 is 0. The summed E-state index contributed by atoms with van der Waals surface area (Å²) >= 11 is 1.48. The molecule has 0 saturated heterocycles. The molecule has 0 heterocycles. The van der Waals surface area contributed by atoms with Crippen LogP contribution in [0.3, 0.4) is 0 Å². The average Bonchev–Trinajstić information content (AvgIpc) is 2.73. The first-order valence-corrected chi connectivity index (χ1v) is 11.4. The molecule has 4 unspecified atom stereocenters. The number of hydrogen-bond acceptors (Lipinski definition) is 9. The Balaban J connectivity index is 5.18. The van der Waals surface area contributed by atoms with Gasteiger partial charge in [-0.05, 0) is 44.2 Å². The molecule has 0 bridgehead atoms. The summed E-state index contributed by atoms with van der Waals surface area (Å²) in [5.41, 5.74) is 16.2. The zero-order valence-corrected chi connectivity index (χ0v) is 18.9. The summed E-state index contributed by atoms with van der Waals surface area (Å²) in [4.78, 5) is 59.9. The Morgan fingerprint density at radius 2 is 1.47 bits per heavy atom. The number of hydrogen-bond donors (Lipinski definition) is 8. The fourth-order valence-electron chi connectivity index (χ4n) is 2.55. The Hall–Kier alpha value is -2.42. The monoisotopic (exact) mass is 478 g/mol. The third kappa shape index (κ3) is 11.8. The topological polar surface area (TPSA) is 240 Å². The standard InChI is InChI=1S/C18H34N6O7S/c1-32-7-5-10(20)15(27)24-13(9-25)17(29)23-12(8-14(21)26)16(28)22-11(18(30)31)4-2-3-6-19/h10-13,25H,2-9,19-20H2,1H3,(H2,21,26)(H,22,28)(H,23,29)(H,24,27)(H,30,31). The number of aliphatic hydroxyl groups excluding tert-OH is 1. The molecule has 32 heavy (non-hydrogen) atoms. The Morgan fingerprint density at radius 3 is 1.97 bits per heavy atom. The Morgan fingerprint density at radius 1 is 0.906 bits per heavy atom. The highest BCUT2D eigenvalue weighted by Crippen LogP contribution is 2.04. The van der Waals surface area contributed by atoms with Gasteiger partial charge in [-0.3, -0.25) is 19.2 Å². The third-order valence-corrected chi connectivity index (χ3v) is 5.03. The Labute approximate surface area is 190 Å². The van der Waals surface area contributed by atoms with Crippen LogP contribution >= 0.6 is 11.8 Å². The summed E-state index contributed by atoms with van der Waals surface area (Å²) in [6.07, 6.45) is 2.66. The molecule has 0 aromatic carbocycles. The Bertz CT molecular complexity index is 651. The van der Waals surface area contributed by atoms with E-state index in [-0.39, 0.29) is 6.42 Å². The number of nitrogens with one attached hydrogen (secondary N) is 3. The predicted molar refractivity (Wildman–Crippen MR) is 118 cm³/mol. The van der Waals surface area contributed by atoms with Crippen molar-refractivity contribution in [2.75, 3.05) is 25.2 Å². The Kier molecular flexibility index (Phi) is 15.0. The molecule has 0 aromatic rings. The first-order valence-electron chi connectivity index (χ1n) is 10.0. The van der Waals surface area contributed by atoms with Gasteiger partial charge < -0.3 is 43.4 Å². The van der Waals surface area contributed by atoms with Crippen molar-refractivity contribution >= 4 is 41.4 Å². The number of carboxylic acid groups (broad SMARTS) is 1. The van der Waals surface area contributed by atoms with Crippen molar-refractivity contribution in [3.05, 3.63) is 0 Å². The van der Waals surface area contributed by atoms with Gasteiger partial charge in [0.25, 0.3) is 0 Å². The zero-order chi connectivity index (χ0) is 24.7. The summed E-state index contributed by atoms with van der Waals surface area (Å²) in [5, 5.41) is 25.5. The van der Waals surface area contributed by atoms with Crippen LogP contribution in [0.25, 0.3) is 0 Å². The fraction of sp³-hybridized carbons (Fsp3) is 0.722. The normalized spacial score (nSPS) is 14.5. The minimum absolute atomic E-state index is 0.0960. The molecule has 13 nitrogen and oxygen atoms in total. The van der Waals surface area contributed by atoms with E-state index in [1.54, 1.807) is 0 Å². The highest BCUT2D eigenvalue weighted by atomic mass is 32.2. The lowest BCUT2D eigenvalue weighted by atomic mass is 10.1. The minimum Gasteiger partial charge on any atom is -0.480 e. The van der Waals surface area contributed by atoms with Gasteiger partial charge in [0, 0.05) is 0 Å². The molecule has 0 aromatic heterocycles. The summed E-state index contributed by atoms with van der Waals surface area (Å²) in [6.45, 7) is -0.440. The first kappa shape index (κ1) is 29.6. The molecule has 0 spiro atoms. The maximum atomic E-state index is 12.5. The lowest BCUT2D eigenvalue weighted by Gasteiger charge is -2.24. The van der Waals surface area contributed by atoms with Crippen molar-refractivity contribution in [2.24, 2.45) is 17.2 Å². The predicted octanol–water partition coefficient (Wildman–Crippen LogP) is -3.40. The van der Waals surface area contributed by atoms with Crippen molar-refractivity contribution < 1.29 is 34.2 Å². The van der Waals surface area contributed by atoms with E-state index in [4.69, 9.17) is 17.2 Å². The highest BCUT2D eigenvalue weighted by molar-refractivity contribution is 7.98. The van der Waals surface area contributed by atoms with Gasteiger partial charge in [0.05, 0.1) is 19.1 Å².